The Morgan fingerprint density at radius 1 is 1.17 bits per heavy atom. The van der Waals surface area contributed by atoms with Crippen LogP contribution in [0.2, 0.25) is 0 Å². The predicted octanol–water partition coefficient (Wildman–Crippen LogP) is 3.16. The Balaban J connectivity index is 2.99. The smallest absolute Gasteiger partial charge is 0.122 e. The van der Waals surface area contributed by atoms with Gasteiger partial charge in [0.2, 0.25) is 0 Å². The number of aryl methyl sites for hydroxylation is 2. The molecular weight excluding hydrogens is 228 g/mol. The Morgan fingerprint density at radius 3 is 2.28 bits per heavy atom. The van der Waals surface area contributed by atoms with Crippen molar-refractivity contribution in [1.82, 2.24) is 0 Å². The maximum Gasteiger partial charge on any atom is 0.122 e. The zero-order chi connectivity index (χ0) is 13.9. The molecule has 0 saturated heterocycles. The van der Waals surface area contributed by atoms with E-state index in [1.165, 1.54) is 0 Å². The van der Waals surface area contributed by atoms with E-state index < -0.39 is 6.10 Å². The maximum atomic E-state index is 10.3. The molecule has 1 N–H and O–H groups in total. The lowest BCUT2D eigenvalue weighted by Gasteiger charge is -2.27. The summed E-state index contributed by atoms with van der Waals surface area (Å²) in [5.41, 5.74) is 2.68. The lowest BCUT2D eigenvalue weighted by molar-refractivity contribution is -0.0202. The van der Waals surface area contributed by atoms with Crippen LogP contribution < -0.4 is 4.74 Å². The molecule has 1 rings (SSSR count). The van der Waals surface area contributed by atoms with Crippen LogP contribution in [0.25, 0.3) is 0 Å². The standard InChI is InChI=1S/C15H24O3/c1-10-8-14(17-5)11(2)7-12(10)13(16)9-15(3,4)18-6/h7-8,13,16H,9H2,1-6H3. The van der Waals surface area contributed by atoms with Crippen LogP contribution >= 0.6 is 0 Å². The SMILES string of the molecule is COc1cc(C)c(C(O)CC(C)(C)OC)cc1C. The predicted molar refractivity (Wildman–Crippen MR) is 73.1 cm³/mol. The zero-order valence-electron chi connectivity index (χ0n) is 12.2. The van der Waals surface area contributed by atoms with Crippen LogP contribution in [0.3, 0.4) is 0 Å². The number of methoxy groups -OCH3 is 2. The fourth-order valence-electron chi connectivity index (χ4n) is 2.05. The highest BCUT2D eigenvalue weighted by Crippen LogP contribution is 2.31. The topological polar surface area (TPSA) is 38.7 Å². The molecule has 18 heavy (non-hydrogen) atoms. The Bertz CT molecular complexity index is 410. The molecule has 3 heteroatoms. The molecule has 0 aliphatic rings. The van der Waals surface area contributed by atoms with Crippen LogP contribution in [0.5, 0.6) is 5.75 Å². The molecule has 1 aromatic carbocycles. The Hall–Kier alpha value is -1.06. The van der Waals surface area contributed by atoms with E-state index in [1.54, 1.807) is 14.2 Å². The summed E-state index contributed by atoms with van der Waals surface area (Å²) >= 11 is 0. The van der Waals surface area contributed by atoms with E-state index >= 15 is 0 Å². The Kier molecular flexibility index (Phi) is 4.77. The summed E-state index contributed by atoms with van der Waals surface area (Å²) in [6.07, 6.45) is 0.0420. The number of hydrogen-bond donors (Lipinski definition) is 1. The fourth-order valence-corrected chi connectivity index (χ4v) is 2.05. The lowest BCUT2D eigenvalue weighted by Crippen LogP contribution is -2.25. The average Bonchev–Trinajstić information content (AvgIpc) is 2.30. The quantitative estimate of drug-likeness (QED) is 0.875. The largest absolute Gasteiger partial charge is 0.496 e. The van der Waals surface area contributed by atoms with E-state index in [2.05, 4.69) is 0 Å². The molecule has 0 bridgehead atoms. The third-order valence-electron chi connectivity index (χ3n) is 3.38. The average molecular weight is 252 g/mol. The summed E-state index contributed by atoms with van der Waals surface area (Å²) < 4.78 is 10.6. The second-order valence-electron chi connectivity index (χ2n) is 5.36. The minimum absolute atomic E-state index is 0.334. The van der Waals surface area contributed by atoms with Gasteiger partial charge >= 0.3 is 0 Å². The van der Waals surface area contributed by atoms with Crippen LogP contribution in [0.15, 0.2) is 12.1 Å². The Labute approximate surface area is 110 Å². The maximum absolute atomic E-state index is 10.3. The van der Waals surface area contributed by atoms with Gasteiger partial charge in [-0.3, -0.25) is 0 Å². The first kappa shape index (κ1) is 15.0. The Morgan fingerprint density at radius 2 is 1.78 bits per heavy atom. The molecule has 1 atom stereocenters. The van der Waals surface area contributed by atoms with Gasteiger partial charge in [-0.25, -0.2) is 0 Å². The first-order chi connectivity index (χ1) is 8.30. The second-order valence-corrected chi connectivity index (χ2v) is 5.36. The van der Waals surface area contributed by atoms with Gasteiger partial charge in [-0.05, 0) is 56.5 Å². The van der Waals surface area contributed by atoms with Crippen molar-refractivity contribution in [3.05, 3.63) is 28.8 Å². The van der Waals surface area contributed by atoms with Crippen molar-refractivity contribution in [3.63, 3.8) is 0 Å². The van der Waals surface area contributed by atoms with Crippen molar-refractivity contribution in [2.45, 2.75) is 45.8 Å². The molecule has 0 fully saturated rings. The molecule has 102 valence electrons. The second kappa shape index (κ2) is 5.72. The van der Waals surface area contributed by atoms with Gasteiger partial charge in [0.25, 0.3) is 0 Å². The number of rotatable bonds is 5. The number of hydrogen-bond acceptors (Lipinski definition) is 3. The number of ether oxygens (including phenoxy) is 2. The molecule has 0 aliphatic heterocycles. The molecule has 1 aromatic rings. The van der Waals surface area contributed by atoms with Gasteiger partial charge in [-0.15, -0.1) is 0 Å². The first-order valence-corrected chi connectivity index (χ1v) is 6.19. The van der Waals surface area contributed by atoms with Crippen molar-refractivity contribution in [2.24, 2.45) is 0 Å². The van der Waals surface area contributed by atoms with Crippen LogP contribution in [-0.2, 0) is 4.74 Å². The summed E-state index contributed by atoms with van der Waals surface area (Å²) in [4.78, 5) is 0. The first-order valence-electron chi connectivity index (χ1n) is 6.19. The van der Waals surface area contributed by atoms with E-state index in [1.807, 2.05) is 39.8 Å². The van der Waals surface area contributed by atoms with Crippen molar-refractivity contribution in [1.29, 1.82) is 0 Å². The van der Waals surface area contributed by atoms with Gasteiger partial charge in [0.1, 0.15) is 5.75 Å². The van der Waals surface area contributed by atoms with E-state index in [9.17, 15) is 5.11 Å². The summed E-state index contributed by atoms with van der Waals surface area (Å²) in [5.74, 6) is 0.856. The van der Waals surface area contributed by atoms with Crippen LogP contribution in [0.4, 0.5) is 0 Å². The molecule has 3 nitrogen and oxygen atoms in total. The fraction of sp³-hybridized carbons (Fsp3) is 0.600. The van der Waals surface area contributed by atoms with Crippen LogP contribution in [-0.4, -0.2) is 24.9 Å². The van der Waals surface area contributed by atoms with Gasteiger partial charge in [0.15, 0.2) is 0 Å². The molecule has 0 heterocycles. The third kappa shape index (κ3) is 3.47. The van der Waals surface area contributed by atoms with Gasteiger partial charge in [0, 0.05) is 13.5 Å². The van der Waals surface area contributed by atoms with Crippen molar-refractivity contribution < 1.29 is 14.6 Å². The van der Waals surface area contributed by atoms with Gasteiger partial charge in [0.05, 0.1) is 18.8 Å². The highest BCUT2D eigenvalue weighted by molar-refractivity contribution is 5.42. The van der Waals surface area contributed by atoms with Crippen molar-refractivity contribution >= 4 is 0 Å². The van der Waals surface area contributed by atoms with Gasteiger partial charge in [-0.1, -0.05) is 0 Å². The summed E-state index contributed by atoms with van der Waals surface area (Å²) in [5, 5.41) is 10.3. The summed E-state index contributed by atoms with van der Waals surface area (Å²) in [7, 11) is 3.32. The zero-order valence-corrected chi connectivity index (χ0v) is 12.2. The minimum Gasteiger partial charge on any atom is -0.496 e. The highest BCUT2D eigenvalue weighted by Gasteiger charge is 2.23. The van der Waals surface area contributed by atoms with Crippen molar-refractivity contribution in [3.8, 4) is 5.75 Å². The van der Waals surface area contributed by atoms with E-state index in [0.717, 1.165) is 22.4 Å². The number of aliphatic hydroxyl groups excluding tert-OH is 1. The molecule has 0 saturated carbocycles. The van der Waals surface area contributed by atoms with E-state index in [4.69, 9.17) is 9.47 Å². The van der Waals surface area contributed by atoms with Gasteiger partial charge < -0.3 is 14.6 Å². The van der Waals surface area contributed by atoms with Crippen molar-refractivity contribution in [2.75, 3.05) is 14.2 Å². The molecule has 0 radical (unpaired) electrons. The van der Waals surface area contributed by atoms with E-state index in [-0.39, 0.29) is 5.60 Å². The molecule has 1 unspecified atom stereocenters. The lowest BCUT2D eigenvalue weighted by atomic mass is 9.92. The third-order valence-corrected chi connectivity index (χ3v) is 3.38. The molecule has 0 aromatic heterocycles. The molecule has 0 aliphatic carbocycles. The monoisotopic (exact) mass is 252 g/mol. The van der Waals surface area contributed by atoms with E-state index in [0.29, 0.717) is 6.42 Å². The normalized spacial score (nSPS) is 13.5. The molecule has 0 amide bonds. The summed E-state index contributed by atoms with van der Waals surface area (Å²) in [6, 6.07) is 3.96. The summed E-state index contributed by atoms with van der Waals surface area (Å²) in [6.45, 7) is 7.92. The van der Waals surface area contributed by atoms with Crippen LogP contribution in [0, 0.1) is 13.8 Å². The van der Waals surface area contributed by atoms with Gasteiger partial charge in [-0.2, -0.15) is 0 Å². The van der Waals surface area contributed by atoms with Crippen LogP contribution in [0.1, 0.15) is 43.1 Å². The number of aliphatic hydroxyl groups is 1. The molecule has 0 spiro atoms. The minimum atomic E-state index is -0.524. The number of benzene rings is 1. The molecular formula is C15H24O3. The highest BCUT2D eigenvalue weighted by atomic mass is 16.5.